The minimum Gasteiger partial charge on any atom is -0.342 e. The molecule has 0 spiro atoms. The number of likely N-dealkylation sites (tertiary alicyclic amines) is 1. The quantitative estimate of drug-likeness (QED) is 0.802. The Kier molecular flexibility index (Phi) is 6.64. The first-order valence-electron chi connectivity index (χ1n) is 9.01. The van der Waals surface area contributed by atoms with Crippen LogP contribution < -0.4 is 0 Å². The van der Waals surface area contributed by atoms with Gasteiger partial charge >= 0.3 is 0 Å². The standard InChI is InChI=1S/C20H32N2O/c1-5-6-10-20(23)22-12-11-19(21(3)4)18(15-22)14-17-9-7-8-16(2)13-17/h7-9,13,18-19H,5-6,10-12,14-15H2,1-4H3/t18-,19-/m1/s1. The molecular weight excluding hydrogens is 284 g/mol. The van der Waals surface area contributed by atoms with Crippen molar-refractivity contribution in [3.05, 3.63) is 35.4 Å². The molecule has 0 aliphatic carbocycles. The van der Waals surface area contributed by atoms with Crippen LogP contribution in [0.1, 0.15) is 43.7 Å². The summed E-state index contributed by atoms with van der Waals surface area (Å²) in [6, 6.07) is 9.35. The van der Waals surface area contributed by atoms with Crippen LogP contribution in [0.5, 0.6) is 0 Å². The van der Waals surface area contributed by atoms with Crippen LogP contribution in [0.25, 0.3) is 0 Å². The topological polar surface area (TPSA) is 23.6 Å². The molecule has 128 valence electrons. The zero-order valence-corrected chi connectivity index (χ0v) is 15.2. The minimum atomic E-state index is 0.346. The van der Waals surface area contributed by atoms with Crippen molar-refractivity contribution in [1.29, 1.82) is 0 Å². The monoisotopic (exact) mass is 316 g/mol. The van der Waals surface area contributed by atoms with E-state index in [1.807, 2.05) is 0 Å². The second-order valence-corrected chi connectivity index (χ2v) is 7.22. The predicted molar refractivity (Wildman–Crippen MR) is 96.6 cm³/mol. The van der Waals surface area contributed by atoms with E-state index in [9.17, 15) is 4.79 Å². The molecule has 0 radical (unpaired) electrons. The van der Waals surface area contributed by atoms with Gasteiger partial charge in [0.1, 0.15) is 0 Å². The third-order valence-electron chi connectivity index (χ3n) is 5.03. The van der Waals surface area contributed by atoms with Crippen molar-refractivity contribution < 1.29 is 4.79 Å². The zero-order valence-electron chi connectivity index (χ0n) is 15.2. The Labute approximate surface area is 141 Å². The van der Waals surface area contributed by atoms with Gasteiger partial charge < -0.3 is 9.80 Å². The molecule has 0 unspecified atom stereocenters. The van der Waals surface area contributed by atoms with Crippen LogP contribution in [-0.2, 0) is 11.2 Å². The first kappa shape index (κ1) is 18.0. The highest BCUT2D eigenvalue weighted by Gasteiger charge is 2.32. The molecule has 1 fully saturated rings. The molecule has 1 aliphatic heterocycles. The first-order valence-corrected chi connectivity index (χ1v) is 9.01. The van der Waals surface area contributed by atoms with E-state index >= 15 is 0 Å². The molecular formula is C20H32N2O. The van der Waals surface area contributed by atoms with E-state index in [0.29, 0.717) is 24.3 Å². The van der Waals surface area contributed by atoms with Crippen LogP contribution in [0.4, 0.5) is 0 Å². The molecule has 0 N–H and O–H groups in total. The number of amides is 1. The van der Waals surface area contributed by atoms with Crippen LogP contribution in [0.3, 0.4) is 0 Å². The Balaban J connectivity index is 2.06. The summed E-state index contributed by atoms with van der Waals surface area (Å²) in [5.41, 5.74) is 2.71. The van der Waals surface area contributed by atoms with E-state index < -0.39 is 0 Å². The Hall–Kier alpha value is -1.35. The van der Waals surface area contributed by atoms with Gasteiger partial charge in [-0.05, 0) is 51.8 Å². The van der Waals surface area contributed by atoms with Crippen molar-refractivity contribution in [2.75, 3.05) is 27.2 Å². The maximum Gasteiger partial charge on any atom is 0.222 e. The number of carbonyl (C=O) groups is 1. The zero-order chi connectivity index (χ0) is 16.8. The smallest absolute Gasteiger partial charge is 0.222 e. The molecule has 23 heavy (non-hydrogen) atoms. The summed E-state index contributed by atoms with van der Waals surface area (Å²) in [7, 11) is 4.34. The molecule has 1 aliphatic rings. The molecule has 3 heteroatoms. The second-order valence-electron chi connectivity index (χ2n) is 7.22. The summed E-state index contributed by atoms with van der Waals surface area (Å²) < 4.78 is 0. The number of benzene rings is 1. The van der Waals surface area contributed by atoms with Gasteiger partial charge in [-0.1, -0.05) is 43.2 Å². The van der Waals surface area contributed by atoms with Crippen molar-refractivity contribution in [3.8, 4) is 0 Å². The van der Waals surface area contributed by atoms with Crippen molar-refractivity contribution in [2.45, 2.75) is 52.0 Å². The van der Waals surface area contributed by atoms with E-state index in [1.54, 1.807) is 0 Å². The van der Waals surface area contributed by atoms with Gasteiger partial charge in [0.15, 0.2) is 0 Å². The number of hydrogen-bond acceptors (Lipinski definition) is 2. The molecule has 0 saturated carbocycles. The highest BCUT2D eigenvalue weighted by molar-refractivity contribution is 5.76. The number of piperidine rings is 1. The van der Waals surface area contributed by atoms with Crippen molar-refractivity contribution in [1.82, 2.24) is 9.80 Å². The summed E-state index contributed by atoms with van der Waals surface area (Å²) in [6.45, 7) is 6.11. The molecule has 1 aromatic rings. The Morgan fingerprint density at radius 1 is 1.35 bits per heavy atom. The van der Waals surface area contributed by atoms with Crippen molar-refractivity contribution >= 4 is 5.91 Å². The molecule has 0 bridgehead atoms. The van der Waals surface area contributed by atoms with E-state index in [2.05, 4.69) is 62.0 Å². The highest BCUT2D eigenvalue weighted by atomic mass is 16.2. The Bertz CT molecular complexity index is 512. The van der Waals surface area contributed by atoms with Gasteiger partial charge in [0.05, 0.1) is 0 Å². The van der Waals surface area contributed by atoms with E-state index in [4.69, 9.17) is 0 Å². The van der Waals surface area contributed by atoms with Gasteiger partial charge in [-0.25, -0.2) is 0 Å². The fourth-order valence-electron chi connectivity index (χ4n) is 3.75. The molecule has 1 amide bonds. The van der Waals surface area contributed by atoms with Crippen molar-refractivity contribution in [2.24, 2.45) is 5.92 Å². The number of hydrogen-bond donors (Lipinski definition) is 0. The summed E-state index contributed by atoms with van der Waals surface area (Å²) in [5.74, 6) is 0.865. The number of carbonyl (C=O) groups excluding carboxylic acids is 1. The number of aryl methyl sites for hydroxylation is 1. The van der Waals surface area contributed by atoms with Crippen molar-refractivity contribution in [3.63, 3.8) is 0 Å². The molecule has 1 heterocycles. The summed E-state index contributed by atoms with van der Waals surface area (Å²) in [4.78, 5) is 16.8. The van der Waals surface area contributed by atoms with Crippen LogP contribution in [0.2, 0.25) is 0 Å². The van der Waals surface area contributed by atoms with Gasteiger partial charge in [0, 0.05) is 25.6 Å². The lowest BCUT2D eigenvalue weighted by Gasteiger charge is -2.42. The maximum absolute atomic E-state index is 12.4. The fourth-order valence-corrected chi connectivity index (χ4v) is 3.75. The summed E-state index contributed by atoms with van der Waals surface area (Å²) in [6.07, 6.45) is 4.95. The lowest BCUT2D eigenvalue weighted by molar-refractivity contribution is -0.134. The van der Waals surface area contributed by atoms with Gasteiger partial charge in [0.2, 0.25) is 5.91 Å². The normalized spacial score (nSPS) is 21.7. The van der Waals surface area contributed by atoms with Crippen LogP contribution in [0.15, 0.2) is 24.3 Å². The van der Waals surface area contributed by atoms with Gasteiger partial charge in [-0.3, -0.25) is 4.79 Å². The van der Waals surface area contributed by atoms with E-state index in [0.717, 1.165) is 38.8 Å². The average Bonchev–Trinajstić information content (AvgIpc) is 2.52. The fraction of sp³-hybridized carbons (Fsp3) is 0.650. The Morgan fingerprint density at radius 2 is 2.13 bits per heavy atom. The SMILES string of the molecule is CCCCC(=O)N1CC[C@@H](N(C)C)[C@H](Cc2cccc(C)c2)C1. The minimum absolute atomic E-state index is 0.346. The largest absolute Gasteiger partial charge is 0.342 e. The summed E-state index contributed by atoms with van der Waals surface area (Å²) >= 11 is 0. The predicted octanol–water partition coefficient (Wildman–Crippen LogP) is 3.51. The van der Waals surface area contributed by atoms with E-state index in [1.165, 1.54) is 11.1 Å². The molecule has 2 atom stereocenters. The number of rotatable bonds is 6. The molecule has 1 saturated heterocycles. The van der Waals surface area contributed by atoms with Gasteiger partial charge in [-0.2, -0.15) is 0 Å². The summed E-state index contributed by atoms with van der Waals surface area (Å²) in [5, 5.41) is 0. The Morgan fingerprint density at radius 3 is 2.78 bits per heavy atom. The second kappa shape index (κ2) is 8.49. The molecule has 1 aromatic carbocycles. The maximum atomic E-state index is 12.4. The highest BCUT2D eigenvalue weighted by Crippen LogP contribution is 2.25. The third-order valence-corrected chi connectivity index (χ3v) is 5.03. The van der Waals surface area contributed by atoms with E-state index in [-0.39, 0.29) is 0 Å². The first-order chi connectivity index (χ1) is 11.0. The van der Waals surface area contributed by atoms with Crippen LogP contribution >= 0.6 is 0 Å². The van der Waals surface area contributed by atoms with Gasteiger partial charge in [-0.15, -0.1) is 0 Å². The molecule has 2 rings (SSSR count). The van der Waals surface area contributed by atoms with Gasteiger partial charge in [0.25, 0.3) is 0 Å². The lowest BCUT2D eigenvalue weighted by atomic mass is 9.85. The molecule has 3 nitrogen and oxygen atoms in total. The number of nitrogens with zero attached hydrogens (tertiary/aromatic N) is 2. The van der Waals surface area contributed by atoms with Crippen LogP contribution in [0, 0.1) is 12.8 Å². The number of unbranched alkanes of at least 4 members (excludes halogenated alkanes) is 1. The average molecular weight is 316 g/mol. The molecule has 0 aromatic heterocycles. The van der Waals surface area contributed by atoms with Crippen LogP contribution in [-0.4, -0.2) is 48.9 Å². The third kappa shape index (κ3) is 5.07. The lowest BCUT2D eigenvalue weighted by Crippen LogP contribution is -2.51.